The average Bonchev–Trinajstić information content (AvgIpc) is 2.62. The second kappa shape index (κ2) is 7.85. The van der Waals surface area contributed by atoms with Crippen LogP contribution in [0.1, 0.15) is 5.56 Å². The van der Waals surface area contributed by atoms with Crippen LogP contribution in [0.4, 0.5) is 29.3 Å². The van der Waals surface area contributed by atoms with Crippen molar-refractivity contribution in [2.75, 3.05) is 17.7 Å². The highest BCUT2D eigenvalue weighted by Gasteiger charge is 2.62. The summed E-state index contributed by atoms with van der Waals surface area (Å²) in [6.45, 7) is 0. The van der Waals surface area contributed by atoms with Gasteiger partial charge in [0.25, 0.3) is 5.60 Å². The average molecular weight is 403 g/mol. The molecule has 27 heavy (non-hydrogen) atoms. The van der Waals surface area contributed by atoms with Gasteiger partial charge in [-0.15, -0.1) is 0 Å². The number of carbonyl (C=O) groups is 2. The van der Waals surface area contributed by atoms with Gasteiger partial charge in [0.2, 0.25) is 0 Å². The van der Waals surface area contributed by atoms with E-state index in [0.717, 1.165) is 31.4 Å². The number of alkyl halides is 3. The summed E-state index contributed by atoms with van der Waals surface area (Å²) in [5.41, 5.74) is -3.97. The van der Waals surface area contributed by atoms with Gasteiger partial charge in [0, 0.05) is 22.0 Å². The van der Waals surface area contributed by atoms with Crippen LogP contribution >= 0.6 is 11.6 Å². The van der Waals surface area contributed by atoms with Crippen molar-refractivity contribution in [3.8, 4) is 0 Å². The van der Waals surface area contributed by atoms with Crippen molar-refractivity contribution < 1.29 is 32.6 Å². The molecule has 0 bridgehead atoms. The molecule has 2 aromatic rings. The Morgan fingerprint density at radius 2 is 1.41 bits per heavy atom. The van der Waals surface area contributed by atoms with Crippen molar-refractivity contribution in [3.63, 3.8) is 0 Å². The van der Waals surface area contributed by atoms with E-state index in [2.05, 4.69) is 15.4 Å². The maximum absolute atomic E-state index is 13.2. The number of carbonyl (C=O) groups excluding carboxylic acids is 2. The lowest BCUT2D eigenvalue weighted by atomic mass is 9.93. The predicted molar refractivity (Wildman–Crippen MR) is 92.5 cm³/mol. The first kappa shape index (κ1) is 20.5. The Morgan fingerprint density at radius 3 is 1.81 bits per heavy atom. The van der Waals surface area contributed by atoms with Crippen LogP contribution in [0.15, 0.2) is 48.5 Å². The molecular weight excluding hydrogens is 389 g/mol. The lowest BCUT2D eigenvalue weighted by Gasteiger charge is -2.28. The van der Waals surface area contributed by atoms with Crippen LogP contribution in [0.2, 0.25) is 5.02 Å². The molecular formula is C17H14ClF3N2O4. The zero-order valence-corrected chi connectivity index (χ0v) is 14.6. The van der Waals surface area contributed by atoms with E-state index in [1.54, 1.807) is 24.3 Å². The zero-order chi connectivity index (χ0) is 20.2. The fourth-order valence-corrected chi connectivity index (χ4v) is 2.29. The van der Waals surface area contributed by atoms with Crippen LogP contribution in [0.5, 0.6) is 0 Å². The Kier molecular flexibility index (Phi) is 5.97. The molecule has 1 unspecified atom stereocenters. The van der Waals surface area contributed by atoms with E-state index >= 15 is 0 Å². The van der Waals surface area contributed by atoms with Crippen LogP contribution in [-0.4, -0.2) is 30.4 Å². The van der Waals surface area contributed by atoms with Crippen LogP contribution in [0, 0.1) is 0 Å². The van der Waals surface area contributed by atoms with Crippen molar-refractivity contribution in [3.05, 3.63) is 59.1 Å². The van der Waals surface area contributed by atoms with Gasteiger partial charge in [0.1, 0.15) is 0 Å². The number of anilines is 2. The van der Waals surface area contributed by atoms with Crippen molar-refractivity contribution in [1.82, 2.24) is 0 Å². The minimum absolute atomic E-state index is 0.139. The summed E-state index contributed by atoms with van der Waals surface area (Å²) in [5, 5.41) is 15.3. The number of hydrogen-bond donors (Lipinski definition) is 3. The predicted octanol–water partition coefficient (Wildman–Crippen LogP) is 3.91. The summed E-state index contributed by atoms with van der Waals surface area (Å²) in [6.07, 6.45) is -5.29. The van der Waals surface area contributed by atoms with E-state index in [-0.39, 0.29) is 5.69 Å². The van der Waals surface area contributed by atoms with Crippen molar-refractivity contribution in [1.29, 1.82) is 0 Å². The van der Waals surface area contributed by atoms with Crippen molar-refractivity contribution in [2.24, 2.45) is 0 Å². The fourth-order valence-electron chi connectivity index (χ4n) is 2.17. The third kappa shape index (κ3) is 4.50. The third-order valence-electron chi connectivity index (χ3n) is 3.55. The molecule has 6 nitrogen and oxygen atoms in total. The lowest BCUT2D eigenvalue weighted by Crippen LogP contribution is -2.49. The summed E-state index contributed by atoms with van der Waals surface area (Å²) in [4.78, 5) is 23.4. The number of nitrogens with one attached hydrogen (secondary N) is 2. The Balaban J connectivity index is 2.15. The Hall–Kier alpha value is -2.78. The standard InChI is InChI=1S/C17H14ClF3N2O4/c1-27-14(24)16(26,17(19,20)21)10-2-6-12(7-3-10)22-15(25)23-13-8-4-11(18)5-9-13/h2-9,26H,1H3,(H2,22,23,25). The zero-order valence-electron chi connectivity index (χ0n) is 13.8. The number of halogens is 4. The molecule has 2 aromatic carbocycles. The fraction of sp³-hybridized carbons (Fsp3) is 0.176. The number of hydrogen-bond acceptors (Lipinski definition) is 4. The molecule has 0 saturated heterocycles. The first-order chi connectivity index (χ1) is 12.6. The number of esters is 1. The first-order valence-electron chi connectivity index (χ1n) is 7.39. The number of aliphatic hydroxyl groups is 1. The molecule has 2 rings (SSSR count). The summed E-state index contributed by atoms with van der Waals surface area (Å²) >= 11 is 5.73. The molecule has 0 saturated carbocycles. The van der Waals surface area contributed by atoms with Gasteiger partial charge in [-0.2, -0.15) is 13.2 Å². The van der Waals surface area contributed by atoms with Gasteiger partial charge < -0.3 is 20.5 Å². The van der Waals surface area contributed by atoms with Gasteiger partial charge in [-0.1, -0.05) is 23.7 Å². The number of rotatable bonds is 4. The van der Waals surface area contributed by atoms with E-state index < -0.39 is 29.3 Å². The Labute approximate surface area is 156 Å². The van der Waals surface area contributed by atoms with E-state index in [4.69, 9.17) is 11.6 Å². The number of urea groups is 1. The van der Waals surface area contributed by atoms with Crippen LogP contribution < -0.4 is 10.6 Å². The van der Waals surface area contributed by atoms with E-state index in [9.17, 15) is 27.9 Å². The highest BCUT2D eigenvalue weighted by molar-refractivity contribution is 6.30. The quantitative estimate of drug-likeness (QED) is 0.677. The normalized spacial score (nSPS) is 13.4. The van der Waals surface area contributed by atoms with Gasteiger partial charge in [-0.3, -0.25) is 0 Å². The van der Waals surface area contributed by atoms with E-state index in [1.807, 2.05) is 0 Å². The molecule has 0 aliphatic carbocycles. The highest BCUT2D eigenvalue weighted by atomic mass is 35.5. The maximum atomic E-state index is 13.2. The summed E-state index contributed by atoms with van der Waals surface area (Å²) in [7, 11) is 0.732. The minimum atomic E-state index is -5.29. The molecule has 0 radical (unpaired) electrons. The van der Waals surface area contributed by atoms with Gasteiger partial charge in [-0.25, -0.2) is 9.59 Å². The molecule has 2 amide bonds. The molecule has 10 heteroatoms. The minimum Gasteiger partial charge on any atom is -0.466 e. The topological polar surface area (TPSA) is 87.7 Å². The number of benzene rings is 2. The second-order valence-corrected chi connectivity index (χ2v) is 5.80. The third-order valence-corrected chi connectivity index (χ3v) is 3.81. The second-order valence-electron chi connectivity index (χ2n) is 5.36. The lowest BCUT2D eigenvalue weighted by molar-refractivity contribution is -0.266. The first-order valence-corrected chi connectivity index (χ1v) is 7.77. The van der Waals surface area contributed by atoms with Gasteiger partial charge >= 0.3 is 18.2 Å². The van der Waals surface area contributed by atoms with E-state index in [1.165, 1.54) is 0 Å². The molecule has 0 heterocycles. The van der Waals surface area contributed by atoms with Crippen LogP contribution in [0.25, 0.3) is 0 Å². The van der Waals surface area contributed by atoms with Crippen LogP contribution in [-0.2, 0) is 15.1 Å². The van der Waals surface area contributed by atoms with Gasteiger partial charge in [0.15, 0.2) is 0 Å². The Bertz CT molecular complexity index is 826. The Morgan fingerprint density at radius 1 is 0.963 bits per heavy atom. The molecule has 144 valence electrons. The molecule has 0 aromatic heterocycles. The maximum Gasteiger partial charge on any atom is 0.432 e. The largest absolute Gasteiger partial charge is 0.466 e. The summed E-state index contributed by atoms with van der Waals surface area (Å²) < 4.78 is 43.6. The van der Waals surface area contributed by atoms with Crippen molar-refractivity contribution >= 4 is 35.0 Å². The smallest absolute Gasteiger partial charge is 0.432 e. The molecule has 1 atom stereocenters. The number of ether oxygens (including phenoxy) is 1. The summed E-state index contributed by atoms with van der Waals surface area (Å²) in [6, 6.07) is 9.55. The van der Waals surface area contributed by atoms with Crippen molar-refractivity contribution in [2.45, 2.75) is 11.8 Å². The monoisotopic (exact) mass is 402 g/mol. The molecule has 3 N–H and O–H groups in total. The molecule has 0 aliphatic heterocycles. The molecule has 0 aliphatic rings. The number of amides is 2. The molecule has 0 fully saturated rings. The summed E-state index contributed by atoms with van der Waals surface area (Å²) in [5.74, 6) is -1.86. The highest BCUT2D eigenvalue weighted by Crippen LogP contribution is 2.40. The van der Waals surface area contributed by atoms with Gasteiger partial charge in [-0.05, 0) is 36.4 Å². The molecule has 0 spiro atoms. The van der Waals surface area contributed by atoms with Gasteiger partial charge in [0.05, 0.1) is 7.11 Å². The number of methoxy groups -OCH3 is 1. The SMILES string of the molecule is COC(=O)C(O)(c1ccc(NC(=O)Nc2ccc(Cl)cc2)cc1)C(F)(F)F. The van der Waals surface area contributed by atoms with Crippen LogP contribution in [0.3, 0.4) is 0 Å². The van der Waals surface area contributed by atoms with E-state index in [0.29, 0.717) is 10.7 Å².